The molecule has 0 atom stereocenters. The largest absolute Gasteiger partial charge is 0.327 e. The Morgan fingerprint density at radius 3 is 2.68 bits per heavy atom. The van der Waals surface area contributed by atoms with Crippen LogP contribution >= 0.6 is 28.1 Å². The highest BCUT2D eigenvalue weighted by atomic mass is 79.9. The number of aryl methyl sites for hydroxylation is 3. The number of imidazole rings is 1. The van der Waals surface area contributed by atoms with Gasteiger partial charge < -0.3 is 4.98 Å². The van der Waals surface area contributed by atoms with Crippen LogP contribution in [0.25, 0.3) is 16.9 Å². The lowest BCUT2D eigenvalue weighted by atomic mass is 10.2. The fraction of sp³-hybridized carbons (Fsp3) is 0.231. The summed E-state index contributed by atoms with van der Waals surface area (Å²) in [6.45, 7) is 4.04. The van der Waals surface area contributed by atoms with Crippen molar-refractivity contribution in [2.75, 3.05) is 0 Å². The van der Waals surface area contributed by atoms with Crippen molar-refractivity contribution in [3.05, 3.63) is 38.7 Å². The quantitative estimate of drug-likeness (QED) is 0.686. The molecule has 98 valence electrons. The van der Waals surface area contributed by atoms with Crippen LogP contribution in [0.3, 0.4) is 0 Å². The molecule has 0 saturated carbocycles. The molecule has 19 heavy (non-hydrogen) atoms. The van der Waals surface area contributed by atoms with Crippen molar-refractivity contribution in [3.63, 3.8) is 0 Å². The molecule has 6 heteroatoms. The number of hydrogen-bond acceptors (Lipinski definition) is 2. The van der Waals surface area contributed by atoms with Crippen LogP contribution in [0.2, 0.25) is 0 Å². The van der Waals surface area contributed by atoms with Gasteiger partial charge in [0.2, 0.25) is 0 Å². The zero-order chi connectivity index (χ0) is 13.7. The summed E-state index contributed by atoms with van der Waals surface area (Å²) >= 11 is 8.98. The molecular formula is C13H13BrN4S. The molecule has 0 spiro atoms. The maximum Gasteiger partial charge on any atom is 0.184 e. The third-order valence-electron chi connectivity index (χ3n) is 3.12. The molecule has 0 bridgehead atoms. The molecule has 4 nitrogen and oxygen atoms in total. The van der Waals surface area contributed by atoms with E-state index in [9.17, 15) is 0 Å². The average Bonchev–Trinajstić information content (AvgIpc) is 2.76. The first-order valence-electron chi connectivity index (χ1n) is 5.89. The number of nitrogens with zero attached hydrogens (tertiary/aromatic N) is 3. The predicted molar refractivity (Wildman–Crippen MR) is 82.4 cm³/mol. The van der Waals surface area contributed by atoms with Crippen molar-refractivity contribution in [2.24, 2.45) is 7.05 Å². The van der Waals surface area contributed by atoms with Crippen molar-refractivity contribution in [3.8, 4) is 5.69 Å². The topological polar surface area (TPSA) is 38.5 Å². The number of H-pyrrole nitrogens is 1. The van der Waals surface area contributed by atoms with Gasteiger partial charge in [-0.2, -0.15) is 5.10 Å². The van der Waals surface area contributed by atoms with Crippen LogP contribution in [-0.2, 0) is 7.05 Å². The van der Waals surface area contributed by atoms with E-state index in [4.69, 9.17) is 12.2 Å². The van der Waals surface area contributed by atoms with Crippen LogP contribution in [0.5, 0.6) is 0 Å². The molecule has 3 aromatic rings. The number of rotatable bonds is 1. The third kappa shape index (κ3) is 1.95. The Morgan fingerprint density at radius 2 is 2.00 bits per heavy atom. The third-order valence-corrected chi connectivity index (χ3v) is 3.87. The molecule has 0 unspecified atom stereocenters. The lowest BCUT2D eigenvalue weighted by Gasteiger charge is -2.07. The lowest BCUT2D eigenvalue weighted by Crippen LogP contribution is -2.01. The second kappa shape index (κ2) is 4.31. The van der Waals surface area contributed by atoms with Gasteiger partial charge in [0.15, 0.2) is 10.4 Å². The normalized spacial score (nSPS) is 11.4. The summed E-state index contributed by atoms with van der Waals surface area (Å²) in [6.07, 6.45) is 0. The summed E-state index contributed by atoms with van der Waals surface area (Å²) in [5.74, 6) is 0. The molecular weight excluding hydrogens is 324 g/mol. The van der Waals surface area contributed by atoms with Crippen LogP contribution < -0.4 is 0 Å². The van der Waals surface area contributed by atoms with E-state index in [0.717, 1.165) is 27.0 Å². The number of fused-ring (bicyclic) bond motifs is 1. The Morgan fingerprint density at radius 1 is 1.26 bits per heavy atom. The van der Waals surface area contributed by atoms with Gasteiger partial charge in [-0.15, -0.1) is 0 Å². The summed E-state index contributed by atoms with van der Waals surface area (Å²) in [5, 5.41) is 4.43. The van der Waals surface area contributed by atoms with Gasteiger partial charge >= 0.3 is 0 Å². The van der Waals surface area contributed by atoms with Crippen LogP contribution in [0.15, 0.2) is 22.7 Å². The molecule has 2 aromatic heterocycles. The van der Waals surface area contributed by atoms with Gasteiger partial charge in [-0.05, 0) is 49.8 Å². The Kier molecular flexibility index (Phi) is 2.87. The summed E-state index contributed by atoms with van der Waals surface area (Å²) in [4.78, 5) is 3.23. The van der Waals surface area contributed by atoms with Gasteiger partial charge in [0.05, 0.1) is 11.4 Å². The fourth-order valence-corrected chi connectivity index (χ4v) is 3.28. The van der Waals surface area contributed by atoms with Crippen LogP contribution in [0.4, 0.5) is 0 Å². The summed E-state index contributed by atoms with van der Waals surface area (Å²) in [5.41, 5.74) is 5.14. The molecule has 0 aliphatic carbocycles. The van der Waals surface area contributed by atoms with Gasteiger partial charge in [0, 0.05) is 11.5 Å². The molecule has 0 amide bonds. The van der Waals surface area contributed by atoms with Gasteiger partial charge in [-0.3, -0.25) is 4.57 Å². The van der Waals surface area contributed by atoms with Gasteiger partial charge in [-0.25, -0.2) is 4.68 Å². The van der Waals surface area contributed by atoms with Crippen molar-refractivity contribution in [1.29, 1.82) is 0 Å². The van der Waals surface area contributed by atoms with Crippen molar-refractivity contribution >= 4 is 39.3 Å². The van der Waals surface area contributed by atoms with Crippen molar-refractivity contribution < 1.29 is 0 Å². The van der Waals surface area contributed by atoms with Gasteiger partial charge in [-0.1, -0.05) is 15.9 Å². The van der Waals surface area contributed by atoms with Crippen LogP contribution in [0, 0.1) is 18.6 Å². The van der Waals surface area contributed by atoms with Crippen LogP contribution in [0.1, 0.15) is 11.3 Å². The van der Waals surface area contributed by atoms with E-state index in [1.807, 2.05) is 23.2 Å². The minimum Gasteiger partial charge on any atom is -0.327 e. The molecule has 0 aliphatic heterocycles. The van der Waals surface area contributed by atoms with E-state index < -0.39 is 0 Å². The molecule has 3 rings (SSSR count). The lowest BCUT2D eigenvalue weighted by molar-refractivity contribution is 0.759. The zero-order valence-electron chi connectivity index (χ0n) is 10.9. The summed E-state index contributed by atoms with van der Waals surface area (Å²) < 4.78 is 5.59. The predicted octanol–water partition coefficient (Wildman–Crippen LogP) is 3.80. The van der Waals surface area contributed by atoms with E-state index >= 15 is 0 Å². The van der Waals surface area contributed by atoms with E-state index in [1.54, 1.807) is 0 Å². The van der Waals surface area contributed by atoms with Gasteiger partial charge in [0.25, 0.3) is 0 Å². The Bertz CT molecular complexity index is 820. The zero-order valence-corrected chi connectivity index (χ0v) is 13.3. The maximum atomic E-state index is 5.45. The molecule has 1 aromatic carbocycles. The van der Waals surface area contributed by atoms with Crippen LogP contribution in [-0.4, -0.2) is 19.3 Å². The monoisotopic (exact) mass is 336 g/mol. The first-order chi connectivity index (χ1) is 8.97. The highest BCUT2D eigenvalue weighted by Gasteiger charge is 2.14. The first-order valence-corrected chi connectivity index (χ1v) is 7.09. The maximum absolute atomic E-state index is 5.45. The number of hydrogen-bond donors (Lipinski definition) is 1. The van der Waals surface area contributed by atoms with Crippen molar-refractivity contribution in [2.45, 2.75) is 13.8 Å². The molecule has 0 fully saturated rings. The Labute approximate surface area is 124 Å². The Hall–Kier alpha value is -1.40. The summed E-state index contributed by atoms with van der Waals surface area (Å²) in [6, 6.07) is 6.24. The minimum atomic E-state index is 0.684. The second-order valence-corrected chi connectivity index (χ2v) is 5.96. The van der Waals surface area contributed by atoms with E-state index in [0.29, 0.717) is 4.77 Å². The van der Waals surface area contributed by atoms with Gasteiger partial charge in [0.1, 0.15) is 5.52 Å². The van der Waals surface area contributed by atoms with E-state index in [2.05, 4.69) is 51.1 Å². The number of nitrogens with one attached hydrogen (secondary N) is 1. The second-order valence-electron chi connectivity index (χ2n) is 4.66. The first kappa shape index (κ1) is 12.6. The molecule has 2 heterocycles. The molecule has 0 radical (unpaired) electrons. The number of benzene rings is 1. The fourth-order valence-electron chi connectivity index (χ4n) is 2.39. The number of aromatic nitrogens is 4. The Balaban J connectivity index is 2.42. The molecule has 1 N–H and O–H groups in total. The highest BCUT2D eigenvalue weighted by molar-refractivity contribution is 9.10. The average molecular weight is 337 g/mol. The number of aromatic amines is 1. The number of halogens is 1. The summed E-state index contributed by atoms with van der Waals surface area (Å²) in [7, 11) is 1.93. The SMILES string of the molecule is Cc1cc(Br)cc(-n2c(=S)[nH]c3c(C)nn(C)c32)c1. The van der Waals surface area contributed by atoms with E-state index in [-0.39, 0.29) is 0 Å². The molecule has 0 aliphatic rings. The minimum absolute atomic E-state index is 0.684. The molecule has 0 saturated heterocycles. The standard InChI is InChI=1S/C13H13BrN4S/c1-7-4-9(14)6-10(5-7)18-12-11(15-13(18)19)8(2)16-17(12)3/h4-6H,1-3H3,(H,15,19). The smallest absolute Gasteiger partial charge is 0.184 e. The van der Waals surface area contributed by atoms with Crippen molar-refractivity contribution in [1.82, 2.24) is 19.3 Å². The highest BCUT2D eigenvalue weighted by Crippen LogP contribution is 2.24. The van der Waals surface area contributed by atoms with E-state index in [1.165, 1.54) is 5.56 Å².